The van der Waals surface area contributed by atoms with Gasteiger partial charge in [0.2, 0.25) is 0 Å². The second-order valence-corrected chi connectivity index (χ2v) is 5.09. The van der Waals surface area contributed by atoms with Crippen LogP contribution in [0.15, 0.2) is 48.5 Å². The van der Waals surface area contributed by atoms with Gasteiger partial charge >= 0.3 is 5.97 Å². The smallest absolute Gasteiger partial charge is 0.322 e. The maximum absolute atomic E-state index is 12.4. The maximum Gasteiger partial charge on any atom is 0.322 e. The number of carbonyl (C=O) groups is 2. The Kier molecular flexibility index (Phi) is 3.28. The van der Waals surface area contributed by atoms with Crippen LogP contribution in [0.2, 0.25) is 5.02 Å². The lowest BCUT2D eigenvalue weighted by Crippen LogP contribution is -2.33. The quantitative estimate of drug-likeness (QED) is 0.368. The number of para-hydroxylation sites is 1. The van der Waals surface area contributed by atoms with Gasteiger partial charge in [-0.15, -0.1) is 0 Å². The van der Waals surface area contributed by atoms with Crippen molar-refractivity contribution in [2.45, 2.75) is 6.42 Å². The van der Waals surface area contributed by atoms with Gasteiger partial charge in [-0.05, 0) is 42.3 Å². The van der Waals surface area contributed by atoms with Crippen LogP contribution >= 0.6 is 11.6 Å². The van der Waals surface area contributed by atoms with E-state index in [1.54, 1.807) is 36.4 Å². The second-order valence-electron chi connectivity index (χ2n) is 4.66. The first-order chi connectivity index (χ1) is 9.65. The van der Waals surface area contributed by atoms with Crippen LogP contribution in [-0.4, -0.2) is 11.8 Å². The Balaban J connectivity index is 1.89. The maximum atomic E-state index is 12.4. The van der Waals surface area contributed by atoms with Crippen LogP contribution in [0, 0.1) is 5.92 Å². The molecule has 0 spiro atoms. The lowest BCUT2D eigenvalue weighted by molar-refractivity contribution is -0.138. The first-order valence-electron chi connectivity index (χ1n) is 6.24. The zero-order valence-electron chi connectivity index (χ0n) is 10.5. The number of carbonyl (C=O) groups excluding carboxylic acids is 2. The molecule has 1 aliphatic heterocycles. The Hall–Kier alpha value is -2.13. The first-order valence-corrected chi connectivity index (χ1v) is 6.62. The Bertz CT molecular complexity index is 676. The molecule has 3 nitrogen and oxygen atoms in total. The number of halogens is 1. The molecular weight excluding hydrogens is 276 g/mol. The average molecular weight is 287 g/mol. The fourth-order valence-corrected chi connectivity index (χ4v) is 2.40. The van der Waals surface area contributed by atoms with Crippen LogP contribution in [0.5, 0.6) is 5.75 Å². The van der Waals surface area contributed by atoms with E-state index in [9.17, 15) is 9.59 Å². The van der Waals surface area contributed by atoms with E-state index in [0.29, 0.717) is 22.8 Å². The van der Waals surface area contributed by atoms with Crippen LogP contribution in [0.1, 0.15) is 15.9 Å². The summed E-state index contributed by atoms with van der Waals surface area (Å²) in [6.07, 6.45) is 0.371. The summed E-state index contributed by atoms with van der Waals surface area (Å²) in [5.74, 6) is -0.978. The fourth-order valence-electron chi connectivity index (χ4n) is 2.27. The van der Waals surface area contributed by atoms with Crippen LogP contribution in [-0.2, 0) is 11.2 Å². The largest absolute Gasteiger partial charge is 0.426 e. The van der Waals surface area contributed by atoms with E-state index in [0.717, 1.165) is 5.56 Å². The minimum atomic E-state index is -0.786. The van der Waals surface area contributed by atoms with Gasteiger partial charge in [-0.1, -0.05) is 29.8 Å². The molecule has 100 valence electrons. The monoisotopic (exact) mass is 286 g/mol. The SMILES string of the molecule is O=C1Oc2ccccc2C[C@H]1C(=O)c1ccc(Cl)cc1. The van der Waals surface area contributed by atoms with Crippen molar-refractivity contribution in [3.8, 4) is 5.75 Å². The molecule has 0 saturated carbocycles. The van der Waals surface area contributed by atoms with Crippen molar-refractivity contribution in [1.29, 1.82) is 0 Å². The van der Waals surface area contributed by atoms with E-state index in [2.05, 4.69) is 0 Å². The highest BCUT2D eigenvalue weighted by atomic mass is 35.5. The normalized spacial score (nSPS) is 17.2. The molecule has 20 heavy (non-hydrogen) atoms. The Morgan fingerprint density at radius 2 is 1.80 bits per heavy atom. The van der Waals surface area contributed by atoms with Crippen molar-refractivity contribution in [3.05, 3.63) is 64.7 Å². The van der Waals surface area contributed by atoms with Gasteiger partial charge < -0.3 is 4.74 Å². The molecule has 0 aliphatic carbocycles. The molecule has 2 aromatic carbocycles. The molecular formula is C16H11ClO3. The summed E-state index contributed by atoms with van der Waals surface area (Å²) < 4.78 is 5.22. The number of esters is 1. The standard InChI is InChI=1S/C16H11ClO3/c17-12-7-5-10(6-8-12)15(18)13-9-11-3-1-2-4-14(11)20-16(13)19/h1-8,13H,9H2/t13-/m0/s1. The third-order valence-electron chi connectivity index (χ3n) is 3.34. The summed E-state index contributed by atoms with van der Waals surface area (Å²) in [6, 6.07) is 13.8. The zero-order valence-corrected chi connectivity index (χ0v) is 11.3. The highest BCUT2D eigenvalue weighted by molar-refractivity contribution is 6.30. The molecule has 2 aromatic rings. The topological polar surface area (TPSA) is 43.4 Å². The summed E-state index contributed by atoms with van der Waals surface area (Å²) in [6.45, 7) is 0. The predicted molar refractivity (Wildman–Crippen MR) is 75.1 cm³/mol. The Morgan fingerprint density at radius 3 is 2.55 bits per heavy atom. The lowest BCUT2D eigenvalue weighted by Gasteiger charge is -2.22. The van der Waals surface area contributed by atoms with E-state index in [-0.39, 0.29) is 5.78 Å². The summed E-state index contributed by atoms with van der Waals surface area (Å²) in [5.41, 5.74) is 1.34. The molecule has 0 N–H and O–H groups in total. The van der Waals surface area contributed by atoms with Crippen molar-refractivity contribution in [1.82, 2.24) is 0 Å². The van der Waals surface area contributed by atoms with Gasteiger partial charge in [0.1, 0.15) is 11.7 Å². The lowest BCUT2D eigenvalue weighted by atomic mass is 9.89. The summed E-state index contributed by atoms with van der Waals surface area (Å²) in [7, 11) is 0. The highest BCUT2D eigenvalue weighted by Gasteiger charge is 2.34. The van der Waals surface area contributed by atoms with Gasteiger partial charge in [0, 0.05) is 10.6 Å². The fraction of sp³-hybridized carbons (Fsp3) is 0.125. The van der Waals surface area contributed by atoms with Crippen LogP contribution < -0.4 is 4.74 Å². The Labute approximate surface area is 121 Å². The minimum absolute atomic E-state index is 0.235. The highest BCUT2D eigenvalue weighted by Crippen LogP contribution is 2.29. The molecule has 3 rings (SSSR count). The molecule has 0 fully saturated rings. The molecule has 0 unspecified atom stereocenters. The minimum Gasteiger partial charge on any atom is -0.426 e. The van der Waals surface area contributed by atoms with E-state index >= 15 is 0 Å². The number of Topliss-reactive ketones (excluding diaryl/α,β-unsaturated/α-hetero) is 1. The van der Waals surface area contributed by atoms with E-state index < -0.39 is 11.9 Å². The zero-order chi connectivity index (χ0) is 14.1. The molecule has 1 heterocycles. The van der Waals surface area contributed by atoms with Crippen molar-refractivity contribution >= 4 is 23.4 Å². The van der Waals surface area contributed by atoms with Crippen LogP contribution in [0.25, 0.3) is 0 Å². The number of hydrogen-bond acceptors (Lipinski definition) is 3. The number of rotatable bonds is 2. The van der Waals surface area contributed by atoms with Gasteiger partial charge in [0.05, 0.1) is 0 Å². The summed E-state index contributed by atoms with van der Waals surface area (Å²) in [5, 5.41) is 0.554. The van der Waals surface area contributed by atoms with Gasteiger partial charge in [0.25, 0.3) is 0 Å². The number of benzene rings is 2. The molecule has 1 atom stereocenters. The average Bonchev–Trinajstić information content (AvgIpc) is 2.46. The number of hydrogen-bond donors (Lipinski definition) is 0. The first kappa shape index (κ1) is 12.9. The molecule has 4 heteroatoms. The molecule has 0 radical (unpaired) electrons. The van der Waals surface area contributed by atoms with E-state index in [4.69, 9.17) is 16.3 Å². The number of fused-ring (bicyclic) bond motifs is 1. The molecule has 0 amide bonds. The van der Waals surface area contributed by atoms with Crippen molar-refractivity contribution in [3.63, 3.8) is 0 Å². The number of ether oxygens (including phenoxy) is 1. The van der Waals surface area contributed by atoms with Gasteiger partial charge in [-0.3, -0.25) is 9.59 Å². The van der Waals surface area contributed by atoms with Crippen molar-refractivity contribution < 1.29 is 14.3 Å². The van der Waals surface area contributed by atoms with Crippen molar-refractivity contribution in [2.75, 3.05) is 0 Å². The molecule has 0 aromatic heterocycles. The van der Waals surface area contributed by atoms with E-state index in [1.165, 1.54) is 0 Å². The third-order valence-corrected chi connectivity index (χ3v) is 3.59. The molecule has 0 bridgehead atoms. The van der Waals surface area contributed by atoms with Gasteiger partial charge in [-0.25, -0.2) is 0 Å². The molecule has 1 aliphatic rings. The Morgan fingerprint density at radius 1 is 1.10 bits per heavy atom. The van der Waals surface area contributed by atoms with Crippen LogP contribution in [0.4, 0.5) is 0 Å². The number of ketones is 1. The van der Waals surface area contributed by atoms with E-state index in [1.807, 2.05) is 12.1 Å². The van der Waals surface area contributed by atoms with Crippen LogP contribution in [0.3, 0.4) is 0 Å². The summed E-state index contributed by atoms with van der Waals surface area (Å²) >= 11 is 5.79. The molecule has 0 saturated heterocycles. The predicted octanol–water partition coefficient (Wildman–Crippen LogP) is 3.30. The third kappa shape index (κ3) is 2.32. The second kappa shape index (κ2) is 5.10. The van der Waals surface area contributed by atoms with Crippen molar-refractivity contribution in [2.24, 2.45) is 5.92 Å². The van der Waals surface area contributed by atoms with Gasteiger partial charge in [0.15, 0.2) is 5.78 Å². The summed E-state index contributed by atoms with van der Waals surface area (Å²) in [4.78, 5) is 24.4. The van der Waals surface area contributed by atoms with Gasteiger partial charge in [-0.2, -0.15) is 0 Å².